The van der Waals surface area contributed by atoms with Crippen LogP contribution in [0.2, 0.25) is 0 Å². The second kappa shape index (κ2) is 7.60. The van der Waals surface area contributed by atoms with Crippen LogP contribution in [0, 0.1) is 5.92 Å². The van der Waals surface area contributed by atoms with Gasteiger partial charge in [-0.2, -0.15) is 0 Å². The Labute approximate surface area is 103 Å². The minimum atomic E-state index is -0.445. The van der Waals surface area contributed by atoms with Crippen LogP contribution in [0.15, 0.2) is 36.5 Å². The Morgan fingerprint density at radius 1 is 1.35 bits per heavy atom. The van der Waals surface area contributed by atoms with Gasteiger partial charge in [0.1, 0.15) is 0 Å². The van der Waals surface area contributed by atoms with Crippen LogP contribution in [-0.2, 0) is 14.3 Å². The van der Waals surface area contributed by atoms with Gasteiger partial charge in [-0.3, -0.25) is 9.59 Å². The maximum atomic E-state index is 11.5. The summed E-state index contributed by atoms with van der Waals surface area (Å²) in [4.78, 5) is 23.1. The van der Waals surface area contributed by atoms with Crippen LogP contribution in [0.5, 0.6) is 0 Å². The fourth-order valence-corrected chi connectivity index (χ4v) is 1.24. The molecule has 0 aliphatic rings. The van der Waals surface area contributed by atoms with Crippen molar-refractivity contribution < 1.29 is 14.3 Å². The minimum absolute atomic E-state index is 0.106. The maximum absolute atomic E-state index is 11.5. The van der Waals surface area contributed by atoms with Crippen molar-refractivity contribution in [3.8, 4) is 0 Å². The summed E-state index contributed by atoms with van der Waals surface area (Å²) in [6.45, 7) is 10.7. The lowest BCUT2D eigenvalue weighted by atomic mass is 9.95. The van der Waals surface area contributed by atoms with Gasteiger partial charge in [-0.15, -0.1) is 0 Å². The molecule has 0 fully saturated rings. The van der Waals surface area contributed by atoms with Gasteiger partial charge in [-0.25, -0.2) is 0 Å². The van der Waals surface area contributed by atoms with E-state index in [9.17, 15) is 9.59 Å². The molecular weight excluding hydrogens is 216 g/mol. The van der Waals surface area contributed by atoms with E-state index in [2.05, 4.69) is 17.9 Å². The summed E-state index contributed by atoms with van der Waals surface area (Å²) in [7, 11) is 1.32. The third-order valence-corrected chi connectivity index (χ3v) is 2.49. The zero-order valence-electron chi connectivity index (χ0n) is 10.8. The Morgan fingerprint density at radius 2 is 1.94 bits per heavy atom. The normalized spacial score (nSPS) is 12.8. The molecule has 1 unspecified atom stereocenters. The SMILES string of the molecule is C=C/C(C)=C/CC(CC(=O)C(=C)C)C(=O)OC. The van der Waals surface area contributed by atoms with Crippen LogP contribution in [-0.4, -0.2) is 18.9 Å². The van der Waals surface area contributed by atoms with Gasteiger partial charge in [0.05, 0.1) is 13.0 Å². The molecule has 0 aliphatic heterocycles. The predicted molar refractivity (Wildman–Crippen MR) is 68.5 cm³/mol. The van der Waals surface area contributed by atoms with Gasteiger partial charge in [0.2, 0.25) is 0 Å². The summed E-state index contributed by atoms with van der Waals surface area (Å²) >= 11 is 0. The molecule has 17 heavy (non-hydrogen) atoms. The van der Waals surface area contributed by atoms with Crippen molar-refractivity contribution in [3.63, 3.8) is 0 Å². The molecule has 3 nitrogen and oxygen atoms in total. The van der Waals surface area contributed by atoms with Crippen molar-refractivity contribution >= 4 is 11.8 Å². The molecule has 0 aromatic carbocycles. The van der Waals surface area contributed by atoms with Crippen molar-refractivity contribution in [3.05, 3.63) is 36.5 Å². The van der Waals surface area contributed by atoms with Crippen LogP contribution < -0.4 is 0 Å². The van der Waals surface area contributed by atoms with E-state index < -0.39 is 5.92 Å². The highest BCUT2D eigenvalue weighted by Gasteiger charge is 2.21. The third kappa shape index (κ3) is 5.85. The zero-order chi connectivity index (χ0) is 13.4. The van der Waals surface area contributed by atoms with Crippen LogP contribution >= 0.6 is 0 Å². The quantitative estimate of drug-likeness (QED) is 0.388. The molecular formula is C14H20O3. The molecule has 0 heterocycles. The van der Waals surface area contributed by atoms with E-state index in [1.807, 2.05) is 13.0 Å². The van der Waals surface area contributed by atoms with Crippen LogP contribution in [0.3, 0.4) is 0 Å². The number of rotatable bonds is 7. The molecule has 0 amide bonds. The summed E-state index contributed by atoms with van der Waals surface area (Å²) in [6, 6.07) is 0. The molecule has 1 atom stereocenters. The van der Waals surface area contributed by atoms with Crippen LogP contribution in [0.25, 0.3) is 0 Å². The van der Waals surface area contributed by atoms with E-state index in [1.54, 1.807) is 13.0 Å². The largest absolute Gasteiger partial charge is 0.469 e. The first kappa shape index (κ1) is 15.4. The number of hydrogen-bond acceptors (Lipinski definition) is 3. The Balaban J connectivity index is 4.66. The number of ketones is 1. The Morgan fingerprint density at radius 3 is 2.35 bits per heavy atom. The first-order valence-corrected chi connectivity index (χ1v) is 5.48. The second-order valence-electron chi connectivity index (χ2n) is 4.02. The first-order chi connectivity index (χ1) is 7.92. The number of Topliss-reactive ketones (excluding diaryl/α,β-unsaturated/α-hetero) is 1. The number of carbonyl (C=O) groups is 2. The van der Waals surface area contributed by atoms with Gasteiger partial charge in [0, 0.05) is 6.42 Å². The minimum Gasteiger partial charge on any atom is -0.469 e. The smallest absolute Gasteiger partial charge is 0.309 e. The Kier molecular flexibility index (Phi) is 6.87. The van der Waals surface area contributed by atoms with E-state index in [4.69, 9.17) is 0 Å². The van der Waals surface area contributed by atoms with Gasteiger partial charge in [0.25, 0.3) is 0 Å². The summed E-state index contributed by atoms with van der Waals surface area (Å²) in [5.74, 6) is -0.920. The molecule has 0 radical (unpaired) electrons. The fourth-order valence-electron chi connectivity index (χ4n) is 1.24. The first-order valence-electron chi connectivity index (χ1n) is 5.48. The van der Waals surface area contributed by atoms with Crippen LogP contribution in [0.4, 0.5) is 0 Å². The number of carbonyl (C=O) groups excluding carboxylic acids is 2. The molecule has 0 saturated heterocycles. The molecule has 0 aliphatic carbocycles. The fraction of sp³-hybridized carbons (Fsp3) is 0.429. The predicted octanol–water partition coefficient (Wildman–Crippen LogP) is 2.83. The summed E-state index contributed by atoms with van der Waals surface area (Å²) in [6.07, 6.45) is 4.20. The molecule has 0 aromatic heterocycles. The highest BCUT2D eigenvalue weighted by molar-refractivity contribution is 5.96. The van der Waals surface area contributed by atoms with E-state index in [-0.39, 0.29) is 18.2 Å². The van der Waals surface area contributed by atoms with Crippen molar-refractivity contribution in [1.82, 2.24) is 0 Å². The lowest BCUT2D eigenvalue weighted by Gasteiger charge is -2.12. The molecule has 0 bridgehead atoms. The van der Waals surface area contributed by atoms with Crippen molar-refractivity contribution in [2.75, 3.05) is 7.11 Å². The highest BCUT2D eigenvalue weighted by atomic mass is 16.5. The number of methoxy groups -OCH3 is 1. The third-order valence-electron chi connectivity index (χ3n) is 2.49. The van der Waals surface area contributed by atoms with E-state index in [0.29, 0.717) is 12.0 Å². The summed E-state index contributed by atoms with van der Waals surface area (Å²) < 4.78 is 4.68. The van der Waals surface area contributed by atoms with E-state index in [0.717, 1.165) is 5.57 Å². The highest BCUT2D eigenvalue weighted by Crippen LogP contribution is 2.16. The molecule has 94 valence electrons. The van der Waals surface area contributed by atoms with Gasteiger partial charge in [-0.05, 0) is 25.8 Å². The maximum Gasteiger partial charge on any atom is 0.309 e. The van der Waals surface area contributed by atoms with Gasteiger partial charge >= 0.3 is 5.97 Å². The second-order valence-corrected chi connectivity index (χ2v) is 4.02. The Hall–Kier alpha value is -1.64. The molecule has 0 N–H and O–H groups in total. The number of hydrogen-bond donors (Lipinski definition) is 0. The van der Waals surface area contributed by atoms with Gasteiger partial charge in [-0.1, -0.05) is 30.9 Å². The lowest BCUT2D eigenvalue weighted by molar-refractivity contribution is -0.146. The van der Waals surface area contributed by atoms with E-state index in [1.165, 1.54) is 7.11 Å². The lowest BCUT2D eigenvalue weighted by Crippen LogP contribution is -2.19. The summed E-state index contributed by atoms with van der Waals surface area (Å²) in [5, 5.41) is 0. The number of ether oxygens (including phenoxy) is 1. The zero-order valence-corrected chi connectivity index (χ0v) is 10.8. The molecule has 0 aromatic rings. The van der Waals surface area contributed by atoms with Gasteiger partial charge < -0.3 is 4.74 Å². The van der Waals surface area contributed by atoms with Gasteiger partial charge in [0.15, 0.2) is 5.78 Å². The topological polar surface area (TPSA) is 43.4 Å². The average molecular weight is 236 g/mol. The standard InChI is InChI=1S/C14H20O3/c1-6-11(4)7-8-12(14(16)17-5)9-13(15)10(2)3/h6-7,12H,1-2,8-9H2,3-5H3/b11-7+. The summed E-state index contributed by atoms with van der Waals surface area (Å²) in [5.41, 5.74) is 1.44. The number of allylic oxidation sites excluding steroid dienone is 4. The monoisotopic (exact) mass is 236 g/mol. The van der Waals surface area contributed by atoms with Crippen LogP contribution in [0.1, 0.15) is 26.7 Å². The number of esters is 1. The molecule has 3 heteroatoms. The molecule has 0 rings (SSSR count). The average Bonchev–Trinajstić information content (AvgIpc) is 2.32. The Bertz CT molecular complexity index is 350. The molecule has 0 spiro atoms. The molecule has 0 saturated carbocycles. The van der Waals surface area contributed by atoms with E-state index >= 15 is 0 Å². The van der Waals surface area contributed by atoms with Crippen molar-refractivity contribution in [2.24, 2.45) is 5.92 Å². The van der Waals surface area contributed by atoms with Crippen molar-refractivity contribution in [2.45, 2.75) is 26.7 Å². The van der Waals surface area contributed by atoms with Crippen molar-refractivity contribution in [1.29, 1.82) is 0 Å².